The van der Waals surface area contributed by atoms with Crippen molar-refractivity contribution in [3.8, 4) is 0 Å². The van der Waals surface area contributed by atoms with Crippen LogP contribution in [0.25, 0.3) is 0 Å². The third-order valence-electron chi connectivity index (χ3n) is 5.10. The van der Waals surface area contributed by atoms with Crippen LogP contribution in [0.2, 0.25) is 0 Å². The summed E-state index contributed by atoms with van der Waals surface area (Å²) in [6, 6.07) is 0.729. The summed E-state index contributed by atoms with van der Waals surface area (Å²) in [5, 5.41) is 0. The topological polar surface area (TPSA) is 35.7 Å². The van der Waals surface area contributed by atoms with E-state index in [1.165, 1.54) is 45.6 Å². The molecule has 2 aliphatic rings. The summed E-state index contributed by atoms with van der Waals surface area (Å²) in [6.07, 6.45) is 2.49. The van der Waals surface area contributed by atoms with Gasteiger partial charge in [-0.05, 0) is 33.4 Å². The van der Waals surface area contributed by atoms with Gasteiger partial charge in [0.15, 0.2) is 0 Å². The molecule has 2 saturated heterocycles. The number of likely N-dealkylation sites (tertiary alicyclic amines) is 1. The molecular formula is C14H30N4. The van der Waals surface area contributed by atoms with E-state index in [-0.39, 0.29) is 5.54 Å². The number of nitrogens with zero attached hydrogens (tertiary/aromatic N) is 3. The Balaban J connectivity index is 1.92. The Morgan fingerprint density at radius 1 is 1.17 bits per heavy atom. The van der Waals surface area contributed by atoms with Gasteiger partial charge in [0.05, 0.1) is 0 Å². The number of hydrogen-bond acceptors (Lipinski definition) is 4. The van der Waals surface area contributed by atoms with Crippen LogP contribution in [0.15, 0.2) is 0 Å². The van der Waals surface area contributed by atoms with Gasteiger partial charge in [-0.25, -0.2) is 0 Å². The van der Waals surface area contributed by atoms with Gasteiger partial charge in [0.1, 0.15) is 0 Å². The first-order valence-electron chi connectivity index (χ1n) is 7.49. The van der Waals surface area contributed by atoms with Crippen LogP contribution in [0.1, 0.15) is 26.7 Å². The summed E-state index contributed by atoms with van der Waals surface area (Å²) in [4.78, 5) is 7.71. The third kappa shape index (κ3) is 2.72. The van der Waals surface area contributed by atoms with Gasteiger partial charge in [-0.2, -0.15) is 0 Å². The Bertz CT molecular complexity index is 263. The molecule has 0 spiro atoms. The normalized spacial score (nSPS) is 34.0. The highest BCUT2D eigenvalue weighted by molar-refractivity contribution is 5.00. The Kier molecular flexibility index (Phi) is 4.64. The second-order valence-corrected chi connectivity index (χ2v) is 6.20. The Morgan fingerprint density at radius 3 is 2.28 bits per heavy atom. The van der Waals surface area contributed by atoms with Crippen molar-refractivity contribution in [3.63, 3.8) is 0 Å². The number of likely N-dealkylation sites (N-methyl/N-ethyl adjacent to an activating group) is 1. The molecule has 0 amide bonds. The average molecular weight is 254 g/mol. The maximum atomic E-state index is 6.10. The van der Waals surface area contributed by atoms with Gasteiger partial charge in [-0.15, -0.1) is 0 Å². The predicted octanol–water partition coefficient (Wildman–Crippen LogP) is 0.436. The quantitative estimate of drug-likeness (QED) is 0.789. The number of piperazine rings is 1. The maximum Gasteiger partial charge on any atom is 0.0471 e. The molecule has 0 aliphatic carbocycles. The molecule has 0 bridgehead atoms. The van der Waals surface area contributed by atoms with E-state index in [9.17, 15) is 0 Å². The SMILES string of the molecule is CCC(C)N1CCN(C2(CN)CCN(C)C2)CC1. The van der Waals surface area contributed by atoms with Crippen molar-refractivity contribution in [2.24, 2.45) is 5.73 Å². The lowest BCUT2D eigenvalue weighted by Crippen LogP contribution is -2.62. The smallest absolute Gasteiger partial charge is 0.0471 e. The van der Waals surface area contributed by atoms with E-state index in [0.29, 0.717) is 0 Å². The molecule has 0 aromatic rings. The first-order valence-corrected chi connectivity index (χ1v) is 7.49. The van der Waals surface area contributed by atoms with Crippen LogP contribution in [-0.4, -0.2) is 79.1 Å². The van der Waals surface area contributed by atoms with E-state index >= 15 is 0 Å². The summed E-state index contributed by atoms with van der Waals surface area (Å²) in [5.74, 6) is 0. The van der Waals surface area contributed by atoms with Gasteiger partial charge in [0.2, 0.25) is 0 Å². The van der Waals surface area contributed by atoms with Crippen molar-refractivity contribution in [2.75, 3.05) is 52.9 Å². The van der Waals surface area contributed by atoms with Crippen molar-refractivity contribution < 1.29 is 0 Å². The minimum atomic E-state index is 0.260. The predicted molar refractivity (Wildman–Crippen MR) is 76.8 cm³/mol. The highest BCUT2D eigenvalue weighted by atomic mass is 15.3. The van der Waals surface area contributed by atoms with E-state index in [1.807, 2.05) is 0 Å². The van der Waals surface area contributed by atoms with Gasteiger partial charge in [-0.3, -0.25) is 9.80 Å². The van der Waals surface area contributed by atoms with Gasteiger partial charge < -0.3 is 10.6 Å². The zero-order valence-electron chi connectivity index (χ0n) is 12.4. The molecule has 2 N–H and O–H groups in total. The van der Waals surface area contributed by atoms with Crippen molar-refractivity contribution in [2.45, 2.75) is 38.3 Å². The fourth-order valence-electron chi connectivity index (χ4n) is 3.51. The summed E-state index contributed by atoms with van der Waals surface area (Å²) < 4.78 is 0. The first kappa shape index (κ1) is 14.3. The highest BCUT2D eigenvalue weighted by Crippen LogP contribution is 2.27. The molecular weight excluding hydrogens is 224 g/mol. The number of nitrogens with two attached hydrogens (primary N) is 1. The van der Waals surface area contributed by atoms with Crippen LogP contribution in [-0.2, 0) is 0 Å². The van der Waals surface area contributed by atoms with Gasteiger partial charge in [0.25, 0.3) is 0 Å². The van der Waals surface area contributed by atoms with E-state index in [1.54, 1.807) is 0 Å². The average Bonchev–Trinajstić information content (AvgIpc) is 2.81. The lowest BCUT2D eigenvalue weighted by atomic mass is 9.95. The standard InChI is InChI=1S/C14H30N4/c1-4-13(2)17-7-9-18(10-8-17)14(11-15)5-6-16(3)12-14/h13H,4-12,15H2,1-3H3. The van der Waals surface area contributed by atoms with E-state index in [4.69, 9.17) is 5.73 Å². The van der Waals surface area contributed by atoms with Crippen LogP contribution >= 0.6 is 0 Å². The molecule has 2 unspecified atom stereocenters. The lowest BCUT2D eigenvalue weighted by Gasteiger charge is -2.46. The Hall–Kier alpha value is -0.160. The molecule has 0 aromatic carbocycles. The zero-order valence-corrected chi connectivity index (χ0v) is 12.4. The third-order valence-corrected chi connectivity index (χ3v) is 5.10. The zero-order chi connectivity index (χ0) is 13.2. The van der Waals surface area contributed by atoms with Crippen molar-refractivity contribution >= 4 is 0 Å². The summed E-state index contributed by atoms with van der Waals surface area (Å²) in [5.41, 5.74) is 6.36. The minimum absolute atomic E-state index is 0.260. The monoisotopic (exact) mass is 254 g/mol. The van der Waals surface area contributed by atoms with Crippen LogP contribution in [0.4, 0.5) is 0 Å². The van der Waals surface area contributed by atoms with E-state index in [0.717, 1.165) is 19.1 Å². The molecule has 4 heteroatoms. The van der Waals surface area contributed by atoms with Crippen LogP contribution in [0, 0.1) is 0 Å². The van der Waals surface area contributed by atoms with Gasteiger partial charge >= 0.3 is 0 Å². The lowest BCUT2D eigenvalue weighted by molar-refractivity contribution is 0.0281. The van der Waals surface area contributed by atoms with Gasteiger partial charge in [0, 0.05) is 50.8 Å². The molecule has 2 fully saturated rings. The molecule has 0 aromatic heterocycles. The fourth-order valence-corrected chi connectivity index (χ4v) is 3.51. The maximum absolute atomic E-state index is 6.10. The highest BCUT2D eigenvalue weighted by Gasteiger charge is 2.41. The van der Waals surface area contributed by atoms with E-state index in [2.05, 4.69) is 35.6 Å². The van der Waals surface area contributed by atoms with Crippen molar-refractivity contribution in [1.82, 2.24) is 14.7 Å². The van der Waals surface area contributed by atoms with Crippen molar-refractivity contribution in [1.29, 1.82) is 0 Å². The Labute approximate surface area is 112 Å². The molecule has 4 nitrogen and oxygen atoms in total. The first-order chi connectivity index (χ1) is 8.61. The number of rotatable bonds is 4. The van der Waals surface area contributed by atoms with Gasteiger partial charge in [-0.1, -0.05) is 6.92 Å². The van der Waals surface area contributed by atoms with Crippen LogP contribution in [0.5, 0.6) is 0 Å². The minimum Gasteiger partial charge on any atom is -0.329 e. The largest absolute Gasteiger partial charge is 0.329 e. The second-order valence-electron chi connectivity index (χ2n) is 6.20. The summed E-state index contributed by atoms with van der Waals surface area (Å²) >= 11 is 0. The molecule has 106 valence electrons. The molecule has 0 saturated carbocycles. The molecule has 2 heterocycles. The molecule has 0 radical (unpaired) electrons. The summed E-state index contributed by atoms with van der Waals surface area (Å²) in [7, 11) is 2.22. The molecule has 18 heavy (non-hydrogen) atoms. The van der Waals surface area contributed by atoms with Crippen LogP contribution in [0.3, 0.4) is 0 Å². The fraction of sp³-hybridized carbons (Fsp3) is 1.00. The van der Waals surface area contributed by atoms with Crippen molar-refractivity contribution in [3.05, 3.63) is 0 Å². The number of hydrogen-bond donors (Lipinski definition) is 1. The van der Waals surface area contributed by atoms with E-state index < -0.39 is 0 Å². The Morgan fingerprint density at radius 2 is 1.83 bits per heavy atom. The molecule has 2 rings (SSSR count). The second kappa shape index (κ2) is 5.87. The molecule has 2 aliphatic heterocycles. The summed E-state index contributed by atoms with van der Waals surface area (Å²) in [6.45, 7) is 12.6. The van der Waals surface area contributed by atoms with Crippen LogP contribution < -0.4 is 5.73 Å². The molecule has 2 atom stereocenters.